The van der Waals surface area contributed by atoms with Gasteiger partial charge in [-0.1, -0.05) is 41.4 Å². The summed E-state index contributed by atoms with van der Waals surface area (Å²) in [4.78, 5) is 13.4. The lowest BCUT2D eigenvalue weighted by Gasteiger charge is -2.34. The molecule has 168 valence electrons. The zero-order chi connectivity index (χ0) is 22.8. The number of halogens is 5. The topological polar surface area (TPSA) is 57.7 Å². The van der Waals surface area contributed by atoms with Gasteiger partial charge < -0.3 is 4.90 Å². The SMILES string of the molecule is O=C(CCc1ccccc1Cl)N1CCN(S(=O)(=O)c2cc(C(F)(F)F)ccc2Cl)CC1. The highest BCUT2D eigenvalue weighted by Crippen LogP contribution is 2.34. The van der Waals surface area contributed by atoms with Crippen molar-refractivity contribution in [2.45, 2.75) is 23.9 Å². The Balaban J connectivity index is 1.65. The van der Waals surface area contributed by atoms with E-state index in [1.165, 1.54) is 4.90 Å². The molecule has 0 N–H and O–H groups in total. The number of nitrogens with zero attached hydrogens (tertiary/aromatic N) is 2. The molecule has 11 heteroatoms. The fourth-order valence-electron chi connectivity index (χ4n) is 3.30. The highest BCUT2D eigenvalue weighted by atomic mass is 35.5. The molecule has 0 atom stereocenters. The number of aryl methyl sites for hydroxylation is 1. The van der Waals surface area contributed by atoms with Gasteiger partial charge in [0.25, 0.3) is 0 Å². The predicted octanol–water partition coefficient (Wildman–Crippen LogP) is 4.48. The highest BCUT2D eigenvalue weighted by Gasteiger charge is 2.35. The van der Waals surface area contributed by atoms with Gasteiger partial charge in [-0.05, 0) is 36.2 Å². The van der Waals surface area contributed by atoms with Crippen LogP contribution in [0.2, 0.25) is 10.0 Å². The third-order valence-corrected chi connectivity index (χ3v) is 7.78. The summed E-state index contributed by atoms with van der Waals surface area (Å²) in [6.07, 6.45) is -4.02. The van der Waals surface area contributed by atoms with E-state index >= 15 is 0 Å². The van der Waals surface area contributed by atoms with E-state index in [4.69, 9.17) is 23.2 Å². The first-order valence-electron chi connectivity index (χ1n) is 9.38. The van der Waals surface area contributed by atoms with Gasteiger partial charge in [0.15, 0.2) is 0 Å². The Morgan fingerprint density at radius 3 is 2.23 bits per heavy atom. The number of amides is 1. The van der Waals surface area contributed by atoms with Crippen LogP contribution in [-0.4, -0.2) is 49.7 Å². The smallest absolute Gasteiger partial charge is 0.340 e. The van der Waals surface area contributed by atoms with Crippen molar-refractivity contribution < 1.29 is 26.4 Å². The molecule has 0 saturated carbocycles. The molecule has 31 heavy (non-hydrogen) atoms. The van der Waals surface area contributed by atoms with Crippen molar-refractivity contribution in [1.29, 1.82) is 0 Å². The van der Waals surface area contributed by atoms with Gasteiger partial charge in [-0.15, -0.1) is 0 Å². The summed E-state index contributed by atoms with van der Waals surface area (Å²) in [6.45, 7) is 0.202. The summed E-state index contributed by atoms with van der Waals surface area (Å²) < 4.78 is 65.7. The van der Waals surface area contributed by atoms with Crippen molar-refractivity contribution in [3.05, 3.63) is 63.6 Å². The lowest BCUT2D eigenvalue weighted by Crippen LogP contribution is -2.50. The van der Waals surface area contributed by atoms with Crippen molar-refractivity contribution in [3.8, 4) is 0 Å². The average molecular weight is 495 g/mol. The van der Waals surface area contributed by atoms with E-state index < -0.39 is 26.7 Å². The molecule has 1 fully saturated rings. The maximum absolute atomic E-state index is 13.0. The minimum atomic E-state index is -4.69. The number of hydrogen-bond acceptors (Lipinski definition) is 3. The second-order valence-corrected chi connectivity index (χ2v) is 9.74. The summed E-state index contributed by atoms with van der Waals surface area (Å²) in [5, 5.41) is 0.287. The third-order valence-electron chi connectivity index (χ3n) is 5.03. The Labute approximate surface area is 188 Å². The molecule has 1 amide bonds. The minimum absolute atomic E-state index is 0.0350. The maximum atomic E-state index is 13.0. The first-order chi connectivity index (χ1) is 14.5. The van der Waals surface area contributed by atoms with Gasteiger partial charge in [0.1, 0.15) is 4.90 Å². The molecule has 0 unspecified atom stereocenters. The molecule has 0 spiro atoms. The van der Waals surface area contributed by atoms with Gasteiger partial charge in [-0.25, -0.2) is 8.42 Å². The van der Waals surface area contributed by atoms with Crippen molar-refractivity contribution in [3.63, 3.8) is 0 Å². The monoisotopic (exact) mass is 494 g/mol. The average Bonchev–Trinajstić information content (AvgIpc) is 2.72. The Morgan fingerprint density at radius 2 is 1.61 bits per heavy atom. The fraction of sp³-hybridized carbons (Fsp3) is 0.350. The van der Waals surface area contributed by atoms with E-state index in [-0.39, 0.29) is 43.5 Å². The number of sulfonamides is 1. The lowest BCUT2D eigenvalue weighted by molar-refractivity contribution is -0.137. The number of alkyl halides is 3. The van der Waals surface area contributed by atoms with Crippen molar-refractivity contribution in [2.75, 3.05) is 26.2 Å². The van der Waals surface area contributed by atoms with Crippen LogP contribution in [0, 0.1) is 0 Å². The van der Waals surface area contributed by atoms with Crippen molar-refractivity contribution in [2.24, 2.45) is 0 Å². The zero-order valence-electron chi connectivity index (χ0n) is 16.2. The quantitative estimate of drug-likeness (QED) is 0.615. The lowest BCUT2D eigenvalue weighted by atomic mass is 10.1. The van der Waals surface area contributed by atoms with Crippen LogP contribution in [0.5, 0.6) is 0 Å². The third kappa shape index (κ3) is 5.52. The molecule has 1 aliphatic rings. The number of carbonyl (C=O) groups is 1. The van der Waals surface area contributed by atoms with Crippen LogP contribution < -0.4 is 0 Å². The Hall–Kier alpha value is -1.81. The number of carbonyl (C=O) groups excluding carboxylic acids is 1. The molecule has 3 rings (SSSR count). The summed E-state index contributed by atoms with van der Waals surface area (Å²) in [5.41, 5.74) is -0.248. The number of rotatable bonds is 5. The van der Waals surface area contributed by atoms with E-state index in [2.05, 4.69) is 0 Å². The van der Waals surface area contributed by atoms with Crippen LogP contribution in [0.15, 0.2) is 47.4 Å². The van der Waals surface area contributed by atoms with Crippen LogP contribution in [0.4, 0.5) is 13.2 Å². The molecule has 5 nitrogen and oxygen atoms in total. The summed E-state index contributed by atoms with van der Waals surface area (Å²) in [7, 11) is -4.24. The molecular weight excluding hydrogens is 476 g/mol. The normalized spacial score (nSPS) is 15.8. The Kier molecular flexibility index (Phi) is 7.20. The number of piperazine rings is 1. The molecule has 1 saturated heterocycles. The standard InChI is InChI=1S/C20H19Cl2F3N2O3S/c21-16-4-2-1-3-14(16)5-8-19(28)26-9-11-27(12-10-26)31(29,30)18-13-15(20(23,24)25)6-7-17(18)22/h1-4,6-7,13H,5,8-12H2. The van der Waals surface area contributed by atoms with E-state index in [0.29, 0.717) is 17.5 Å². The van der Waals surface area contributed by atoms with Gasteiger partial charge in [-0.3, -0.25) is 4.79 Å². The second-order valence-electron chi connectivity index (χ2n) is 7.02. The van der Waals surface area contributed by atoms with E-state index in [9.17, 15) is 26.4 Å². The van der Waals surface area contributed by atoms with Gasteiger partial charge in [0, 0.05) is 37.6 Å². The molecule has 0 aromatic heterocycles. The first-order valence-corrected chi connectivity index (χ1v) is 11.6. The van der Waals surface area contributed by atoms with Gasteiger partial charge in [0.05, 0.1) is 10.6 Å². The molecule has 0 radical (unpaired) electrons. The van der Waals surface area contributed by atoms with Crippen LogP contribution in [-0.2, 0) is 27.4 Å². The molecule has 2 aromatic rings. The number of hydrogen-bond donors (Lipinski definition) is 0. The molecule has 2 aromatic carbocycles. The molecule has 1 aliphatic heterocycles. The van der Waals surface area contributed by atoms with E-state index in [1.807, 2.05) is 12.1 Å². The van der Waals surface area contributed by atoms with Crippen molar-refractivity contribution >= 4 is 39.1 Å². The van der Waals surface area contributed by atoms with Gasteiger partial charge in [-0.2, -0.15) is 17.5 Å². The number of benzene rings is 2. The fourth-order valence-corrected chi connectivity index (χ4v) is 5.45. The van der Waals surface area contributed by atoms with Gasteiger partial charge in [0.2, 0.25) is 15.9 Å². The van der Waals surface area contributed by atoms with Crippen LogP contribution in [0.25, 0.3) is 0 Å². The zero-order valence-corrected chi connectivity index (χ0v) is 18.5. The molecule has 0 bridgehead atoms. The predicted molar refractivity (Wildman–Crippen MR) is 112 cm³/mol. The van der Waals surface area contributed by atoms with Crippen LogP contribution in [0.1, 0.15) is 17.5 Å². The van der Waals surface area contributed by atoms with Crippen LogP contribution in [0.3, 0.4) is 0 Å². The Morgan fingerprint density at radius 1 is 0.968 bits per heavy atom. The maximum Gasteiger partial charge on any atom is 0.416 e. The van der Waals surface area contributed by atoms with E-state index in [0.717, 1.165) is 22.0 Å². The molecule has 1 heterocycles. The largest absolute Gasteiger partial charge is 0.416 e. The summed E-state index contributed by atoms with van der Waals surface area (Å²) in [6, 6.07) is 9.39. The second kappa shape index (κ2) is 9.36. The van der Waals surface area contributed by atoms with Crippen molar-refractivity contribution in [1.82, 2.24) is 9.21 Å². The Bertz CT molecular complexity index is 1070. The first kappa shape index (κ1) is 23.8. The minimum Gasteiger partial charge on any atom is -0.340 e. The van der Waals surface area contributed by atoms with Crippen LogP contribution >= 0.6 is 23.2 Å². The summed E-state index contributed by atoms with van der Waals surface area (Å²) in [5.74, 6) is -0.144. The van der Waals surface area contributed by atoms with Gasteiger partial charge >= 0.3 is 6.18 Å². The van der Waals surface area contributed by atoms with E-state index in [1.54, 1.807) is 12.1 Å². The highest BCUT2D eigenvalue weighted by molar-refractivity contribution is 7.89. The molecule has 0 aliphatic carbocycles. The summed E-state index contributed by atoms with van der Waals surface area (Å²) >= 11 is 12.0. The molecular formula is C20H19Cl2F3N2O3S.